The fourth-order valence-electron chi connectivity index (χ4n) is 2.73. The number of rotatable bonds is 6. The lowest BCUT2D eigenvalue weighted by molar-refractivity contribution is -0.113. The summed E-state index contributed by atoms with van der Waals surface area (Å²) < 4.78 is 1.89. The Morgan fingerprint density at radius 2 is 1.97 bits per heavy atom. The fraction of sp³-hybridized carbons (Fsp3) is 0.143. The topological polar surface area (TPSA) is 72.7 Å². The van der Waals surface area contributed by atoms with Gasteiger partial charge in [-0.05, 0) is 37.1 Å². The average molecular weight is 422 g/mol. The molecule has 0 unspecified atom stereocenters. The maximum absolute atomic E-state index is 12.4. The van der Waals surface area contributed by atoms with E-state index in [1.807, 2.05) is 46.3 Å². The SMILES string of the molecule is Cc1ccc(-n2cnnc2SCC(=O)Nc2nc(-c3ccccc3)cs2)cc1C. The Labute approximate surface area is 177 Å². The van der Waals surface area contributed by atoms with E-state index < -0.39 is 0 Å². The molecule has 1 amide bonds. The van der Waals surface area contributed by atoms with Crippen molar-refractivity contribution in [2.24, 2.45) is 0 Å². The summed E-state index contributed by atoms with van der Waals surface area (Å²) in [6.07, 6.45) is 1.66. The maximum Gasteiger partial charge on any atom is 0.236 e. The molecule has 0 aliphatic carbocycles. The summed E-state index contributed by atoms with van der Waals surface area (Å²) in [6, 6.07) is 16.1. The molecule has 0 atom stereocenters. The molecule has 6 nitrogen and oxygen atoms in total. The predicted molar refractivity (Wildman–Crippen MR) is 118 cm³/mol. The van der Waals surface area contributed by atoms with Gasteiger partial charge in [0.15, 0.2) is 10.3 Å². The van der Waals surface area contributed by atoms with E-state index in [1.54, 1.807) is 6.33 Å². The van der Waals surface area contributed by atoms with Crippen molar-refractivity contribution in [3.05, 3.63) is 71.4 Å². The standard InChI is InChI=1S/C21H19N5OS2/c1-14-8-9-17(10-15(14)2)26-13-22-25-21(26)29-12-19(27)24-20-23-18(11-28-20)16-6-4-3-5-7-16/h3-11,13H,12H2,1-2H3,(H,23,24,27). The number of aromatic nitrogens is 4. The van der Waals surface area contributed by atoms with E-state index in [-0.39, 0.29) is 11.7 Å². The monoisotopic (exact) mass is 421 g/mol. The van der Waals surface area contributed by atoms with Crippen LogP contribution >= 0.6 is 23.1 Å². The molecular weight excluding hydrogens is 402 g/mol. The summed E-state index contributed by atoms with van der Waals surface area (Å²) in [5.74, 6) is 0.0997. The number of carbonyl (C=O) groups excluding carboxylic acids is 1. The van der Waals surface area contributed by atoms with E-state index in [2.05, 4.69) is 46.5 Å². The first-order chi connectivity index (χ1) is 14.1. The predicted octanol–water partition coefficient (Wildman–Crippen LogP) is 4.74. The summed E-state index contributed by atoms with van der Waals surface area (Å²) in [7, 11) is 0. The molecule has 0 saturated heterocycles. The highest BCUT2D eigenvalue weighted by Crippen LogP contribution is 2.25. The van der Waals surface area contributed by atoms with Crippen molar-refractivity contribution >= 4 is 34.1 Å². The molecule has 2 heterocycles. The number of anilines is 1. The maximum atomic E-state index is 12.4. The van der Waals surface area contributed by atoms with Gasteiger partial charge in [0.25, 0.3) is 0 Å². The van der Waals surface area contributed by atoms with Crippen molar-refractivity contribution in [3.63, 3.8) is 0 Å². The van der Waals surface area contributed by atoms with Crippen LogP contribution < -0.4 is 5.32 Å². The quantitative estimate of drug-likeness (QED) is 0.455. The Bertz CT molecular complexity index is 1140. The fourth-order valence-corrected chi connectivity index (χ4v) is 4.20. The van der Waals surface area contributed by atoms with Gasteiger partial charge in [0.2, 0.25) is 5.91 Å². The van der Waals surface area contributed by atoms with E-state index in [0.29, 0.717) is 10.3 Å². The lowest BCUT2D eigenvalue weighted by Crippen LogP contribution is -2.14. The lowest BCUT2D eigenvalue weighted by Gasteiger charge is -2.08. The van der Waals surface area contributed by atoms with E-state index in [1.165, 1.54) is 34.2 Å². The van der Waals surface area contributed by atoms with Crippen LogP contribution in [0.4, 0.5) is 5.13 Å². The van der Waals surface area contributed by atoms with Gasteiger partial charge >= 0.3 is 0 Å². The second kappa shape index (κ2) is 8.59. The van der Waals surface area contributed by atoms with Crippen molar-refractivity contribution in [1.29, 1.82) is 0 Å². The van der Waals surface area contributed by atoms with Gasteiger partial charge in [-0.3, -0.25) is 9.36 Å². The van der Waals surface area contributed by atoms with Gasteiger partial charge in [-0.2, -0.15) is 0 Å². The summed E-state index contributed by atoms with van der Waals surface area (Å²) >= 11 is 2.76. The molecular formula is C21H19N5OS2. The van der Waals surface area contributed by atoms with Crippen LogP contribution in [-0.4, -0.2) is 31.4 Å². The van der Waals surface area contributed by atoms with Gasteiger partial charge in [-0.1, -0.05) is 48.2 Å². The summed E-state index contributed by atoms with van der Waals surface area (Å²) in [5.41, 5.74) is 5.29. The zero-order valence-electron chi connectivity index (χ0n) is 16.0. The highest BCUT2D eigenvalue weighted by atomic mass is 32.2. The summed E-state index contributed by atoms with van der Waals surface area (Å²) in [4.78, 5) is 16.9. The molecule has 0 aliphatic rings. The first-order valence-corrected chi connectivity index (χ1v) is 10.9. The first kappa shape index (κ1) is 19.4. The molecule has 2 aromatic carbocycles. The van der Waals surface area contributed by atoms with E-state index in [0.717, 1.165) is 16.9 Å². The van der Waals surface area contributed by atoms with Crippen molar-refractivity contribution in [1.82, 2.24) is 19.7 Å². The Balaban J connectivity index is 1.39. The third kappa shape index (κ3) is 4.55. The van der Waals surface area contributed by atoms with Crippen LogP contribution in [0.1, 0.15) is 11.1 Å². The minimum Gasteiger partial charge on any atom is -0.301 e. The number of hydrogen-bond acceptors (Lipinski definition) is 6. The Hall–Kier alpha value is -2.97. The largest absolute Gasteiger partial charge is 0.301 e. The van der Waals surface area contributed by atoms with E-state index >= 15 is 0 Å². The molecule has 4 rings (SSSR count). The molecule has 2 aromatic heterocycles. The number of aryl methyl sites for hydroxylation is 2. The van der Waals surface area contributed by atoms with Gasteiger partial charge in [0.05, 0.1) is 11.4 Å². The number of nitrogens with one attached hydrogen (secondary N) is 1. The van der Waals surface area contributed by atoms with Crippen LogP contribution in [0.25, 0.3) is 16.9 Å². The number of nitrogens with zero attached hydrogens (tertiary/aromatic N) is 4. The number of benzene rings is 2. The van der Waals surface area contributed by atoms with Crippen LogP contribution in [0, 0.1) is 13.8 Å². The normalized spacial score (nSPS) is 10.8. The van der Waals surface area contributed by atoms with Gasteiger partial charge in [0, 0.05) is 16.6 Å². The Morgan fingerprint density at radius 3 is 2.76 bits per heavy atom. The first-order valence-electron chi connectivity index (χ1n) is 9.01. The third-order valence-corrected chi connectivity index (χ3v) is 6.14. The van der Waals surface area contributed by atoms with E-state index in [4.69, 9.17) is 0 Å². The van der Waals surface area contributed by atoms with Gasteiger partial charge in [0.1, 0.15) is 6.33 Å². The zero-order chi connectivity index (χ0) is 20.2. The van der Waals surface area contributed by atoms with Crippen LogP contribution in [-0.2, 0) is 4.79 Å². The van der Waals surface area contributed by atoms with Crippen molar-refractivity contribution in [3.8, 4) is 16.9 Å². The highest BCUT2D eigenvalue weighted by molar-refractivity contribution is 7.99. The molecule has 1 N–H and O–H groups in total. The van der Waals surface area contributed by atoms with Gasteiger partial charge in [-0.25, -0.2) is 4.98 Å². The Kier molecular flexibility index (Phi) is 5.73. The van der Waals surface area contributed by atoms with Gasteiger partial charge in [-0.15, -0.1) is 21.5 Å². The van der Waals surface area contributed by atoms with Crippen molar-refractivity contribution in [2.45, 2.75) is 19.0 Å². The number of amides is 1. The Morgan fingerprint density at radius 1 is 1.14 bits per heavy atom. The number of thiazole rings is 1. The molecule has 0 saturated carbocycles. The molecule has 0 fully saturated rings. The average Bonchev–Trinajstić information content (AvgIpc) is 3.39. The number of hydrogen-bond donors (Lipinski definition) is 1. The molecule has 0 spiro atoms. The molecule has 29 heavy (non-hydrogen) atoms. The lowest BCUT2D eigenvalue weighted by atomic mass is 10.1. The third-order valence-electron chi connectivity index (χ3n) is 4.44. The molecule has 0 bridgehead atoms. The minimum absolute atomic E-state index is 0.126. The highest BCUT2D eigenvalue weighted by Gasteiger charge is 2.12. The second-order valence-corrected chi connectivity index (χ2v) is 8.29. The van der Waals surface area contributed by atoms with Crippen LogP contribution in [0.3, 0.4) is 0 Å². The number of thioether (sulfide) groups is 1. The molecule has 146 valence electrons. The molecule has 4 aromatic rings. The molecule has 8 heteroatoms. The van der Waals surface area contributed by atoms with Crippen LogP contribution in [0.5, 0.6) is 0 Å². The molecule has 0 radical (unpaired) electrons. The number of carbonyl (C=O) groups is 1. The van der Waals surface area contributed by atoms with Gasteiger partial charge < -0.3 is 5.32 Å². The smallest absolute Gasteiger partial charge is 0.236 e. The summed E-state index contributed by atoms with van der Waals surface area (Å²) in [5, 5.41) is 14.2. The molecule has 0 aliphatic heterocycles. The van der Waals surface area contributed by atoms with Crippen molar-refractivity contribution < 1.29 is 4.79 Å². The van der Waals surface area contributed by atoms with Crippen LogP contribution in [0.2, 0.25) is 0 Å². The minimum atomic E-state index is -0.126. The van der Waals surface area contributed by atoms with E-state index in [9.17, 15) is 4.79 Å². The van der Waals surface area contributed by atoms with Crippen LogP contribution in [0.15, 0.2) is 65.4 Å². The summed E-state index contributed by atoms with van der Waals surface area (Å²) in [6.45, 7) is 4.15. The van der Waals surface area contributed by atoms with Crippen molar-refractivity contribution in [2.75, 3.05) is 11.1 Å². The zero-order valence-corrected chi connectivity index (χ0v) is 17.6. The second-order valence-electron chi connectivity index (χ2n) is 6.49.